The summed E-state index contributed by atoms with van der Waals surface area (Å²) in [5.41, 5.74) is 2.21. The van der Waals surface area contributed by atoms with E-state index in [4.69, 9.17) is 9.47 Å². The van der Waals surface area contributed by atoms with Crippen LogP contribution in [0.4, 0.5) is 4.39 Å². The van der Waals surface area contributed by atoms with Crippen molar-refractivity contribution < 1.29 is 18.7 Å². The summed E-state index contributed by atoms with van der Waals surface area (Å²) < 4.78 is 25.8. The SMILES string of the molecule is CCn1cc(C(=O)/C=C/c2ccc(OC)c(COc3ccc(F)cc3)c2)cn1. The van der Waals surface area contributed by atoms with Gasteiger partial charge in [-0.1, -0.05) is 12.1 Å². The number of hydrogen-bond donors (Lipinski definition) is 0. The summed E-state index contributed by atoms with van der Waals surface area (Å²) in [6, 6.07) is 11.4. The molecule has 0 bridgehead atoms. The van der Waals surface area contributed by atoms with E-state index >= 15 is 0 Å². The molecule has 0 radical (unpaired) electrons. The Kier molecular flexibility index (Phi) is 6.22. The Labute approximate surface area is 163 Å². The van der Waals surface area contributed by atoms with Crippen LogP contribution in [-0.4, -0.2) is 22.7 Å². The van der Waals surface area contributed by atoms with Crippen molar-refractivity contribution in [3.63, 3.8) is 0 Å². The van der Waals surface area contributed by atoms with Crippen LogP contribution < -0.4 is 9.47 Å². The summed E-state index contributed by atoms with van der Waals surface area (Å²) in [4.78, 5) is 12.3. The molecule has 0 N–H and O–H groups in total. The molecule has 3 aromatic rings. The van der Waals surface area contributed by atoms with Crippen LogP contribution in [0.15, 0.2) is 60.9 Å². The van der Waals surface area contributed by atoms with Gasteiger partial charge in [0, 0.05) is 18.3 Å². The fraction of sp³-hybridized carbons (Fsp3) is 0.182. The quantitative estimate of drug-likeness (QED) is 0.426. The normalized spacial score (nSPS) is 11.0. The highest BCUT2D eigenvalue weighted by Gasteiger charge is 2.07. The first kappa shape index (κ1) is 19.4. The highest BCUT2D eigenvalue weighted by Crippen LogP contribution is 2.23. The molecule has 0 saturated heterocycles. The summed E-state index contributed by atoms with van der Waals surface area (Å²) in [5.74, 6) is 0.813. The lowest BCUT2D eigenvalue weighted by Crippen LogP contribution is -1.99. The van der Waals surface area contributed by atoms with Crippen molar-refractivity contribution in [2.45, 2.75) is 20.1 Å². The molecule has 144 valence electrons. The first-order valence-electron chi connectivity index (χ1n) is 8.89. The molecule has 0 aliphatic heterocycles. The molecule has 0 saturated carbocycles. The lowest BCUT2D eigenvalue weighted by Gasteiger charge is -2.11. The zero-order chi connectivity index (χ0) is 19.9. The zero-order valence-corrected chi connectivity index (χ0v) is 15.8. The van der Waals surface area contributed by atoms with Crippen molar-refractivity contribution >= 4 is 11.9 Å². The minimum Gasteiger partial charge on any atom is -0.496 e. The fourth-order valence-corrected chi connectivity index (χ4v) is 2.64. The number of allylic oxidation sites excluding steroid dienone is 1. The Bertz CT molecular complexity index is 978. The smallest absolute Gasteiger partial charge is 0.189 e. The van der Waals surface area contributed by atoms with E-state index in [2.05, 4.69) is 5.10 Å². The zero-order valence-electron chi connectivity index (χ0n) is 15.8. The number of ketones is 1. The molecule has 0 aliphatic carbocycles. The minimum absolute atomic E-state index is 0.111. The number of carbonyl (C=O) groups excluding carboxylic acids is 1. The Morgan fingerprint density at radius 3 is 2.68 bits per heavy atom. The number of methoxy groups -OCH3 is 1. The van der Waals surface area contributed by atoms with Crippen molar-refractivity contribution in [2.75, 3.05) is 7.11 Å². The highest BCUT2D eigenvalue weighted by atomic mass is 19.1. The Hall–Kier alpha value is -3.41. The molecule has 0 amide bonds. The maximum atomic E-state index is 13.0. The standard InChI is InChI=1S/C22H21FN2O3/c1-3-25-14-18(13-24-25)21(26)10-4-16-5-11-22(27-2)17(12-16)15-28-20-8-6-19(23)7-9-20/h4-14H,3,15H2,1-2H3/b10-4+. The van der Waals surface area contributed by atoms with Gasteiger partial charge in [0.25, 0.3) is 0 Å². The maximum absolute atomic E-state index is 13.0. The summed E-state index contributed by atoms with van der Waals surface area (Å²) in [6.45, 7) is 2.94. The second-order valence-corrected chi connectivity index (χ2v) is 6.10. The van der Waals surface area contributed by atoms with Gasteiger partial charge in [-0.05, 0) is 55.0 Å². The van der Waals surface area contributed by atoms with E-state index in [1.54, 1.807) is 42.4 Å². The Morgan fingerprint density at radius 2 is 2.00 bits per heavy atom. The van der Waals surface area contributed by atoms with Crippen LogP contribution in [0.1, 0.15) is 28.4 Å². The summed E-state index contributed by atoms with van der Waals surface area (Å²) in [7, 11) is 1.58. The molecule has 1 aromatic heterocycles. The van der Waals surface area contributed by atoms with Crippen LogP contribution in [-0.2, 0) is 13.2 Å². The van der Waals surface area contributed by atoms with Gasteiger partial charge in [-0.25, -0.2) is 4.39 Å². The highest BCUT2D eigenvalue weighted by molar-refractivity contribution is 6.06. The Balaban J connectivity index is 1.72. The number of aryl methyl sites for hydroxylation is 1. The Morgan fingerprint density at radius 1 is 1.21 bits per heavy atom. The molecule has 0 fully saturated rings. The van der Waals surface area contributed by atoms with E-state index in [0.29, 0.717) is 23.6 Å². The molecule has 2 aromatic carbocycles. The van der Waals surface area contributed by atoms with Crippen LogP contribution in [0, 0.1) is 5.82 Å². The average molecular weight is 380 g/mol. The molecular weight excluding hydrogens is 359 g/mol. The van der Waals surface area contributed by atoms with Crippen LogP contribution in [0.5, 0.6) is 11.5 Å². The van der Waals surface area contributed by atoms with Crippen molar-refractivity contribution in [1.29, 1.82) is 0 Å². The number of benzene rings is 2. The van der Waals surface area contributed by atoms with Crippen molar-refractivity contribution in [3.05, 3.63) is 83.4 Å². The molecule has 28 heavy (non-hydrogen) atoms. The molecule has 0 unspecified atom stereocenters. The van der Waals surface area contributed by atoms with E-state index in [0.717, 1.165) is 11.1 Å². The van der Waals surface area contributed by atoms with Gasteiger partial charge in [0.15, 0.2) is 5.78 Å². The second kappa shape index (κ2) is 8.99. The van der Waals surface area contributed by atoms with Crippen LogP contribution >= 0.6 is 0 Å². The third kappa shape index (κ3) is 4.85. The maximum Gasteiger partial charge on any atom is 0.189 e. The number of halogens is 1. The first-order valence-corrected chi connectivity index (χ1v) is 8.89. The van der Waals surface area contributed by atoms with Gasteiger partial charge < -0.3 is 9.47 Å². The van der Waals surface area contributed by atoms with Crippen LogP contribution in [0.3, 0.4) is 0 Å². The first-order chi connectivity index (χ1) is 13.6. The molecule has 6 heteroatoms. The van der Waals surface area contributed by atoms with Gasteiger partial charge in [0.2, 0.25) is 0 Å². The topological polar surface area (TPSA) is 53.4 Å². The lowest BCUT2D eigenvalue weighted by molar-refractivity contribution is 0.104. The molecule has 0 spiro atoms. The predicted octanol–water partition coefficient (Wildman–Crippen LogP) is 4.53. The third-order valence-corrected chi connectivity index (χ3v) is 4.18. The van der Waals surface area contributed by atoms with Crippen LogP contribution in [0.25, 0.3) is 6.08 Å². The van der Waals surface area contributed by atoms with Gasteiger partial charge in [-0.3, -0.25) is 9.48 Å². The van der Waals surface area contributed by atoms with E-state index in [1.165, 1.54) is 18.2 Å². The van der Waals surface area contributed by atoms with E-state index in [-0.39, 0.29) is 18.2 Å². The van der Waals surface area contributed by atoms with E-state index < -0.39 is 0 Å². The average Bonchev–Trinajstić information content (AvgIpc) is 3.21. The van der Waals surface area contributed by atoms with E-state index in [1.807, 2.05) is 25.1 Å². The number of carbonyl (C=O) groups is 1. The van der Waals surface area contributed by atoms with Crippen molar-refractivity contribution in [1.82, 2.24) is 9.78 Å². The van der Waals surface area contributed by atoms with E-state index in [9.17, 15) is 9.18 Å². The van der Waals surface area contributed by atoms with Crippen molar-refractivity contribution in [2.24, 2.45) is 0 Å². The van der Waals surface area contributed by atoms with Crippen molar-refractivity contribution in [3.8, 4) is 11.5 Å². The van der Waals surface area contributed by atoms with Gasteiger partial charge in [0.1, 0.15) is 23.9 Å². The van der Waals surface area contributed by atoms with Gasteiger partial charge in [-0.15, -0.1) is 0 Å². The van der Waals surface area contributed by atoms with Gasteiger partial charge in [0.05, 0.1) is 18.9 Å². The summed E-state index contributed by atoms with van der Waals surface area (Å²) >= 11 is 0. The molecular formula is C22H21FN2O3. The number of nitrogens with zero attached hydrogens (tertiary/aromatic N) is 2. The summed E-state index contributed by atoms with van der Waals surface area (Å²) in [5, 5.41) is 4.11. The number of rotatable bonds is 8. The lowest BCUT2D eigenvalue weighted by atomic mass is 10.1. The molecule has 1 heterocycles. The molecule has 5 nitrogen and oxygen atoms in total. The second-order valence-electron chi connectivity index (χ2n) is 6.10. The molecule has 0 atom stereocenters. The molecule has 0 aliphatic rings. The minimum atomic E-state index is -0.314. The molecule has 3 rings (SSSR count). The number of hydrogen-bond acceptors (Lipinski definition) is 4. The number of ether oxygens (including phenoxy) is 2. The predicted molar refractivity (Wildman–Crippen MR) is 105 cm³/mol. The van der Waals surface area contributed by atoms with Gasteiger partial charge in [-0.2, -0.15) is 5.10 Å². The van der Waals surface area contributed by atoms with Crippen LogP contribution in [0.2, 0.25) is 0 Å². The fourth-order valence-electron chi connectivity index (χ4n) is 2.64. The van der Waals surface area contributed by atoms with Gasteiger partial charge >= 0.3 is 0 Å². The third-order valence-electron chi connectivity index (χ3n) is 4.18. The summed E-state index contributed by atoms with van der Waals surface area (Å²) in [6.07, 6.45) is 6.55. The monoisotopic (exact) mass is 380 g/mol. The largest absolute Gasteiger partial charge is 0.496 e. The number of aromatic nitrogens is 2.